The molecule has 0 N–H and O–H groups in total. The van der Waals surface area contributed by atoms with E-state index in [1.165, 1.54) is 19.3 Å². The van der Waals surface area contributed by atoms with Gasteiger partial charge >= 0.3 is 0 Å². The summed E-state index contributed by atoms with van der Waals surface area (Å²) < 4.78 is 0. The minimum atomic E-state index is 0.634. The normalized spacial score (nSPS) is 20.2. The average molecular weight is 277 g/mol. The van der Waals surface area contributed by atoms with E-state index in [-0.39, 0.29) is 0 Å². The zero-order chi connectivity index (χ0) is 13.8. The van der Waals surface area contributed by atoms with Crippen molar-refractivity contribution < 1.29 is 0 Å². The van der Waals surface area contributed by atoms with Crippen molar-refractivity contribution in [3.63, 3.8) is 0 Å². The fraction of sp³-hybridized carbons (Fsp3) is 0.562. The van der Waals surface area contributed by atoms with Gasteiger partial charge in [0.1, 0.15) is 6.07 Å². The molecular weight excluding hydrogens is 256 g/mol. The van der Waals surface area contributed by atoms with Gasteiger partial charge in [-0.15, -0.1) is 0 Å². The molecule has 0 spiro atoms. The van der Waals surface area contributed by atoms with Gasteiger partial charge in [-0.3, -0.25) is 0 Å². The number of hydrogen-bond acceptors (Lipinski definition) is 2. The van der Waals surface area contributed by atoms with Crippen molar-refractivity contribution in [1.29, 1.82) is 5.26 Å². The van der Waals surface area contributed by atoms with Crippen LogP contribution in [0.3, 0.4) is 0 Å². The summed E-state index contributed by atoms with van der Waals surface area (Å²) >= 11 is 5.96. The van der Waals surface area contributed by atoms with Crippen LogP contribution in [0.2, 0.25) is 5.02 Å². The zero-order valence-corrected chi connectivity index (χ0v) is 12.5. The maximum absolute atomic E-state index is 9.25. The first-order chi connectivity index (χ1) is 9.11. The van der Waals surface area contributed by atoms with Gasteiger partial charge in [0.2, 0.25) is 0 Å². The summed E-state index contributed by atoms with van der Waals surface area (Å²) in [5.41, 5.74) is 1.73. The van der Waals surface area contributed by atoms with E-state index in [0.717, 1.165) is 30.6 Å². The molecule has 0 saturated carbocycles. The second kappa shape index (κ2) is 6.30. The molecule has 1 aliphatic rings. The molecule has 1 fully saturated rings. The van der Waals surface area contributed by atoms with Gasteiger partial charge in [0.15, 0.2) is 0 Å². The molecule has 0 aromatic heterocycles. The second-order valence-electron chi connectivity index (χ2n) is 5.70. The fourth-order valence-electron chi connectivity index (χ4n) is 2.90. The molecule has 0 aliphatic carbocycles. The maximum atomic E-state index is 9.25. The highest BCUT2D eigenvalue weighted by atomic mass is 35.5. The van der Waals surface area contributed by atoms with E-state index >= 15 is 0 Å². The summed E-state index contributed by atoms with van der Waals surface area (Å²) in [6.45, 7) is 6.70. The summed E-state index contributed by atoms with van der Waals surface area (Å²) in [5, 5.41) is 9.88. The molecule has 2 nitrogen and oxygen atoms in total. The Morgan fingerprint density at radius 1 is 1.32 bits per heavy atom. The Labute approximate surface area is 121 Å². The van der Waals surface area contributed by atoms with Crippen molar-refractivity contribution in [2.24, 2.45) is 11.8 Å². The Kier molecular flexibility index (Phi) is 4.71. The molecule has 1 saturated heterocycles. The molecule has 1 atom stereocenters. The molecule has 2 rings (SSSR count). The van der Waals surface area contributed by atoms with Crippen LogP contribution in [0.15, 0.2) is 18.2 Å². The van der Waals surface area contributed by atoms with E-state index in [0.29, 0.717) is 10.6 Å². The van der Waals surface area contributed by atoms with Crippen molar-refractivity contribution in [3.05, 3.63) is 28.8 Å². The Bertz CT molecular complexity index is 476. The van der Waals surface area contributed by atoms with Crippen molar-refractivity contribution in [2.45, 2.75) is 33.1 Å². The summed E-state index contributed by atoms with van der Waals surface area (Å²) in [7, 11) is 0. The summed E-state index contributed by atoms with van der Waals surface area (Å²) in [6.07, 6.45) is 3.71. The Balaban J connectivity index is 2.17. The van der Waals surface area contributed by atoms with Crippen LogP contribution in [-0.2, 0) is 0 Å². The molecule has 0 amide bonds. The lowest BCUT2D eigenvalue weighted by atomic mass is 9.89. The van der Waals surface area contributed by atoms with E-state index in [1.54, 1.807) is 6.07 Å². The minimum absolute atomic E-state index is 0.634. The lowest BCUT2D eigenvalue weighted by Gasteiger charge is -2.24. The molecule has 3 heteroatoms. The third-order valence-corrected chi connectivity index (χ3v) is 4.37. The predicted octanol–water partition coefficient (Wildman–Crippen LogP) is 4.47. The van der Waals surface area contributed by atoms with Gasteiger partial charge < -0.3 is 4.90 Å². The summed E-state index contributed by atoms with van der Waals surface area (Å²) in [5.74, 6) is 1.56. The number of hydrogen-bond donors (Lipinski definition) is 0. The quantitative estimate of drug-likeness (QED) is 0.797. The molecule has 1 aliphatic heterocycles. The number of nitrogens with zero attached hydrogens (tertiary/aromatic N) is 2. The number of nitriles is 1. The van der Waals surface area contributed by atoms with Crippen LogP contribution in [0, 0.1) is 23.2 Å². The molecule has 102 valence electrons. The number of halogens is 1. The van der Waals surface area contributed by atoms with Crippen LogP contribution >= 0.6 is 11.6 Å². The van der Waals surface area contributed by atoms with Crippen LogP contribution < -0.4 is 4.90 Å². The third kappa shape index (κ3) is 3.42. The molecule has 1 aromatic carbocycles. The van der Waals surface area contributed by atoms with Crippen LogP contribution in [-0.4, -0.2) is 13.1 Å². The van der Waals surface area contributed by atoms with Gasteiger partial charge in [-0.05, 0) is 49.3 Å². The van der Waals surface area contributed by atoms with Crippen molar-refractivity contribution in [2.75, 3.05) is 18.0 Å². The van der Waals surface area contributed by atoms with Gasteiger partial charge in [-0.2, -0.15) is 5.26 Å². The van der Waals surface area contributed by atoms with E-state index in [2.05, 4.69) is 24.8 Å². The first-order valence-corrected chi connectivity index (χ1v) is 7.44. The Morgan fingerprint density at radius 3 is 2.79 bits per heavy atom. The SMILES string of the molecule is CC(C)C1CCCN(c2ccc(Cl)cc2C#N)CC1. The molecule has 0 bridgehead atoms. The molecule has 0 radical (unpaired) electrons. The maximum Gasteiger partial charge on any atom is 0.101 e. The Hall–Kier alpha value is -1.20. The number of anilines is 1. The van der Waals surface area contributed by atoms with Crippen LogP contribution in [0.1, 0.15) is 38.7 Å². The first kappa shape index (κ1) is 14.2. The summed E-state index contributed by atoms with van der Waals surface area (Å²) in [4.78, 5) is 2.34. The van der Waals surface area contributed by atoms with Gasteiger partial charge in [0, 0.05) is 18.1 Å². The molecular formula is C16H21ClN2. The van der Waals surface area contributed by atoms with Gasteiger partial charge in [0.25, 0.3) is 0 Å². The lowest BCUT2D eigenvalue weighted by Crippen LogP contribution is -2.25. The van der Waals surface area contributed by atoms with E-state index in [4.69, 9.17) is 11.6 Å². The molecule has 1 aromatic rings. The van der Waals surface area contributed by atoms with Crippen molar-refractivity contribution >= 4 is 17.3 Å². The highest BCUT2D eigenvalue weighted by Crippen LogP contribution is 2.30. The highest BCUT2D eigenvalue weighted by molar-refractivity contribution is 6.30. The molecule has 1 heterocycles. The third-order valence-electron chi connectivity index (χ3n) is 4.14. The zero-order valence-electron chi connectivity index (χ0n) is 11.7. The standard InChI is InChI=1S/C16H21ClN2/c1-12(2)13-4-3-8-19(9-7-13)16-6-5-15(17)10-14(16)11-18/h5-6,10,12-13H,3-4,7-9H2,1-2H3. The monoisotopic (exact) mass is 276 g/mol. The van der Waals surface area contributed by atoms with Crippen LogP contribution in [0.5, 0.6) is 0 Å². The van der Waals surface area contributed by atoms with Gasteiger partial charge in [0.05, 0.1) is 11.3 Å². The van der Waals surface area contributed by atoms with E-state index < -0.39 is 0 Å². The molecule has 19 heavy (non-hydrogen) atoms. The Morgan fingerprint density at radius 2 is 2.11 bits per heavy atom. The largest absolute Gasteiger partial charge is 0.370 e. The van der Waals surface area contributed by atoms with Gasteiger partial charge in [-0.25, -0.2) is 0 Å². The van der Waals surface area contributed by atoms with Crippen LogP contribution in [0.25, 0.3) is 0 Å². The van der Waals surface area contributed by atoms with E-state index in [1.807, 2.05) is 12.1 Å². The topological polar surface area (TPSA) is 27.0 Å². The van der Waals surface area contributed by atoms with Gasteiger partial charge in [-0.1, -0.05) is 25.4 Å². The lowest BCUT2D eigenvalue weighted by molar-refractivity contribution is 0.351. The van der Waals surface area contributed by atoms with Crippen molar-refractivity contribution in [1.82, 2.24) is 0 Å². The van der Waals surface area contributed by atoms with E-state index in [9.17, 15) is 5.26 Å². The minimum Gasteiger partial charge on any atom is -0.370 e. The fourth-order valence-corrected chi connectivity index (χ4v) is 3.08. The highest BCUT2D eigenvalue weighted by Gasteiger charge is 2.21. The average Bonchev–Trinajstić information content (AvgIpc) is 2.64. The first-order valence-electron chi connectivity index (χ1n) is 7.06. The van der Waals surface area contributed by atoms with Crippen molar-refractivity contribution in [3.8, 4) is 6.07 Å². The predicted molar refractivity (Wildman–Crippen MR) is 80.6 cm³/mol. The number of rotatable bonds is 2. The number of benzene rings is 1. The molecule has 1 unspecified atom stereocenters. The summed E-state index contributed by atoms with van der Waals surface area (Å²) in [6, 6.07) is 7.89. The van der Waals surface area contributed by atoms with Crippen LogP contribution in [0.4, 0.5) is 5.69 Å². The second-order valence-corrected chi connectivity index (χ2v) is 6.13. The smallest absolute Gasteiger partial charge is 0.101 e.